The second-order valence-electron chi connectivity index (χ2n) is 4.25. The van der Waals surface area contributed by atoms with Crippen LogP contribution in [-0.4, -0.2) is 17.1 Å². The van der Waals surface area contributed by atoms with E-state index in [1.54, 1.807) is 6.08 Å². The molecule has 102 valence electrons. The van der Waals surface area contributed by atoms with Crippen LogP contribution in [0, 0.1) is 11.6 Å². The van der Waals surface area contributed by atoms with E-state index >= 15 is 0 Å². The lowest BCUT2D eigenvalue weighted by atomic mass is 10.1. The third-order valence-corrected chi connectivity index (χ3v) is 3.13. The summed E-state index contributed by atoms with van der Waals surface area (Å²) in [5, 5.41) is 8.72. The molecule has 0 aliphatic heterocycles. The van der Waals surface area contributed by atoms with Crippen molar-refractivity contribution < 1.29 is 18.6 Å². The van der Waals surface area contributed by atoms with Crippen molar-refractivity contribution in [2.75, 3.05) is 6.61 Å². The van der Waals surface area contributed by atoms with Crippen LogP contribution >= 0.6 is 11.6 Å². The van der Waals surface area contributed by atoms with Crippen LogP contribution in [0.3, 0.4) is 0 Å². The van der Waals surface area contributed by atoms with Crippen molar-refractivity contribution in [1.29, 1.82) is 0 Å². The van der Waals surface area contributed by atoms with Crippen LogP contribution < -0.4 is 0 Å². The van der Waals surface area contributed by atoms with E-state index in [1.165, 1.54) is 12.1 Å². The molecule has 0 spiro atoms. The quantitative estimate of drug-likeness (QED) is 0.861. The third kappa shape index (κ3) is 3.78. The Kier molecular flexibility index (Phi) is 4.56. The molecule has 1 unspecified atom stereocenters. The number of allylic oxidation sites excluding steroid dienone is 2. The molecule has 0 heterocycles. The van der Waals surface area contributed by atoms with Crippen LogP contribution in [0.5, 0.6) is 0 Å². The molecule has 1 N–H and O–H groups in total. The Balaban J connectivity index is 2.05. The Morgan fingerprint density at radius 1 is 1.26 bits per heavy atom. The lowest BCUT2D eigenvalue weighted by Gasteiger charge is -2.19. The van der Waals surface area contributed by atoms with Gasteiger partial charge in [0.1, 0.15) is 24.0 Å². The van der Waals surface area contributed by atoms with E-state index in [0.717, 1.165) is 11.6 Å². The molecule has 1 aliphatic carbocycles. The molecule has 2 rings (SSSR count). The Bertz CT molecular complexity index is 506. The number of rotatable bonds is 4. The standard InChI is InChI=1S/C14H13ClF2O2/c15-13-2-1-9(7-18)5-14(13)19-8-10-3-11(16)6-12(17)4-10/h1,3-6,13,18H,2,7-8H2. The third-order valence-electron chi connectivity index (χ3n) is 2.73. The summed E-state index contributed by atoms with van der Waals surface area (Å²) in [5.41, 5.74) is 1.11. The van der Waals surface area contributed by atoms with Crippen molar-refractivity contribution in [2.24, 2.45) is 0 Å². The van der Waals surface area contributed by atoms with Crippen molar-refractivity contribution >= 4 is 11.6 Å². The highest BCUT2D eigenvalue weighted by molar-refractivity contribution is 6.22. The van der Waals surface area contributed by atoms with Crippen molar-refractivity contribution in [1.82, 2.24) is 0 Å². The predicted molar refractivity (Wildman–Crippen MR) is 68.7 cm³/mol. The lowest BCUT2D eigenvalue weighted by Crippen LogP contribution is -2.11. The van der Waals surface area contributed by atoms with Crippen LogP contribution in [0.15, 0.2) is 41.7 Å². The Morgan fingerprint density at radius 3 is 2.58 bits per heavy atom. The molecule has 0 aromatic heterocycles. The van der Waals surface area contributed by atoms with E-state index in [1.807, 2.05) is 6.08 Å². The number of benzene rings is 1. The Labute approximate surface area is 115 Å². The van der Waals surface area contributed by atoms with Gasteiger partial charge in [-0.3, -0.25) is 0 Å². The highest BCUT2D eigenvalue weighted by Crippen LogP contribution is 2.24. The number of hydrogen-bond donors (Lipinski definition) is 1. The first-order chi connectivity index (χ1) is 9.08. The number of hydrogen-bond acceptors (Lipinski definition) is 2. The summed E-state index contributed by atoms with van der Waals surface area (Å²) in [6.45, 7) is -0.0620. The highest BCUT2D eigenvalue weighted by Gasteiger charge is 2.17. The molecule has 0 bridgehead atoms. The van der Waals surface area contributed by atoms with Crippen LogP contribution in [0.4, 0.5) is 8.78 Å². The molecular weight excluding hydrogens is 274 g/mol. The lowest BCUT2D eigenvalue weighted by molar-refractivity contribution is 0.188. The molecule has 0 saturated carbocycles. The number of aliphatic hydroxyl groups excluding tert-OH is 1. The minimum atomic E-state index is -0.644. The summed E-state index contributed by atoms with van der Waals surface area (Å²) in [5.74, 6) is -0.790. The predicted octanol–water partition coefficient (Wildman–Crippen LogP) is 3.30. The van der Waals surface area contributed by atoms with Crippen molar-refractivity contribution in [3.8, 4) is 0 Å². The number of halogens is 3. The van der Waals surface area contributed by atoms with Gasteiger partial charge in [0, 0.05) is 6.07 Å². The summed E-state index contributed by atoms with van der Waals surface area (Å²) < 4.78 is 31.5. The van der Waals surface area contributed by atoms with Gasteiger partial charge >= 0.3 is 0 Å². The van der Waals surface area contributed by atoms with Gasteiger partial charge in [0.15, 0.2) is 0 Å². The largest absolute Gasteiger partial charge is 0.492 e. The zero-order valence-electron chi connectivity index (χ0n) is 10.1. The first-order valence-corrected chi connectivity index (χ1v) is 6.25. The van der Waals surface area contributed by atoms with Crippen LogP contribution in [0.2, 0.25) is 0 Å². The van der Waals surface area contributed by atoms with Gasteiger partial charge in [-0.25, -0.2) is 8.78 Å². The minimum absolute atomic E-state index is 0.0302. The summed E-state index contributed by atoms with van der Waals surface area (Å²) in [6, 6.07) is 3.22. The fraction of sp³-hybridized carbons (Fsp3) is 0.286. The van der Waals surface area contributed by atoms with Gasteiger partial charge in [-0.1, -0.05) is 6.08 Å². The van der Waals surface area contributed by atoms with E-state index in [4.69, 9.17) is 21.4 Å². The zero-order valence-corrected chi connectivity index (χ0v) is 10.8. The van der Waals surface area contributed by atoms with Crippen molar-refractivity contribution in [3.05, 3.63) is 58.9 Å². The van der Waals surface area contributed by atoms with Gasteiger partial charge < -0.3 is 9.84 Å². The normalized spacial score (nSPS) is 18.8. The number of ether oxygens (including phenoxy) is 1. The molecule has 1 aromatic carbocycles. The fourth-order valence-corrected chi connectivity index (χ4v) is 2.02. The summed E-state index contributed by atoms with van der Waals surface area (Å²) >= 11 is 6.07. The molecule has 0 fully saturated rings. The van der Waals surface area contributed by atoms with E-state index in [-0.39, 0.29) is 18.6 Å². The van der Waals surface area contributed by atoms with Gasteiger partial charge in [0.2, 0.25) is 0 Å². The van der Waals surface area contributed by atoms with Gasteiger partial charge in [0.25, 0.3) is 0 Å². The zero-order chi connectivity index (χ0) is 13.8. The molecule has 1 aliphatic rings. The van der Waals surface area contributed by atoms with Gasteiger partial charge in [-0.15, -0.1) is 11.6 Å². The second-order valence-corrected chi connectivity index (χ2v) is 4.78. The molecule has 1 aromatic rings. The average molecular weight is 287 g/mol. The first kappa shape index (κ1) is 14.0. The molecule has 0 saturated heterocycles. The summed E-state index contributed by atoms with van der Waals surface area (Å²) in [4.78, 5) is 0. The van der Waals surface area contributed by atoms with Crippen LogP contribution in [0.25, 0.3) is 0 Å². The molecule has 0 radical (unpaired) electrons. The molecule has 5 heteroatoms. The molecule has 1 atom stereocenters. The number of aliphatic hydroxyl groups is 1. The minimum Gasteiger partial charge on any atom is -0.492 e. The molecule has 19 heavy (non-hydrogen) atoms. The van der Waals surface area contributed by atoms with E-state index in [2.05, 4.69) is 0 Å². The summed E-state index contributed by atoms with van der Waals surface area (Å²) in [6.07, 6.45) is 4.03. The summed E-state index contributed by atoms with van der Waals surface area (Å²) in [7, 11) is 0. The fourth-order valence-electron chi connectivity index (χ4n) is 1.81. The van der Waals surface area contributed by atoms with E-state index < -0.39 is 11.6 Å². The Morgan fingerprint density at radius 2 is 1.95 bits per heavy atom. The second kappa shape index (κ2) is 6.17. The Hall–Kier alpha value is -1.39. The maximum Gasteiger partial charge on any atom is 0.126 e. The smallest absolute Gasteiger partial charge is 0.126 e. The SMILES string of the molecule is OCC1=CCC(Cl)C(OCc2cc(F)cc(F)c2)=C1. The van der Waals surface area contributed by atoms with Gasteiger partial charge in [-0.05, 0) is 35.8 Å². The van der Waals surface area contributed by atoms with E-state index in [9.17, 15) is 8.78 Å². The topological polar surface area (TPSA) is 29.5 Å². The maximum atomic E-state index is 13.0. The molecular formula is C14H13ClF2O2. The van der Waals surface area contributed by atoms with Crippen LogP contribution in [-0.2, 0) is 11.3 Å². The average Bonchev–Trinajstić information content (AvgIpc) is 2.37. The highest BCUT2D eigenvalue weighted by atomic mass is 35.5. The van der Waals surface area contributed by atoms with Gasteiger partial charge in [0.05, 0.1) is 12.0 Å². The van der Waals surface area contributed by atoms with Crippen molar-refractivity contribution in [3.63, 3.8) is 0 Å². The maximum absolute atomic E-state index is 13.0. The number of alkyl halides is 1. The van der Waals surface area contributed by atoms with Gasteiger partial charge in [-0.2, -0.15) is 0 Å². The molecule has 0 amide bonds. The van der Waals surface area contributed by atoms with Crippen molar-refractivity contribution in [2.45, 2.75) is 18.4 Å². The van der Waals surface area contributed by atoms with E-state index in [0.29, 0.717) is 17.7 Å². The molecule has 2 nitrogen and oxygen atoms in total. The van der Waals surface area contributed by atoms with Crippen LogP contribution in [0.1, 0.15) is 12.0 Å². The first-order valence-electron chi connectivity index (χ1n) is 5.82. The monoisotopic (exact) mass is 286 g/mol.